The first-order valence-corrected chi connectivity index (χ1v) is 12.3. The molecule has 2 atom stereocenters. The van der Waals surface area contributed by atoms with Crippen molar-refractivity contribution in [1.82, 2.24) is 20.2 Å². The van der Waals surface area contributed by atoms with Gasteiger partial charge in [0.05, 0.1) is 12.2 Å². The summed E-state index contributed by atoms with van der Waals surface area (Å²) in [6.45, 7) is 16.1. The number of nitrogens with zero attached hydrogens (tertiary/aromatic N) is 3. The summed E-state index contributed by atoms with van der Waals surface area (Å²) in [5.41, 5.74) is 6.04. The van der Waals surface area contributed by atoms with Crippen LogP contribution < -0.4 is 11.1 Å². The third-order valence-electron chi connectivity index (χ3n) is 4.70. The topological polar surface area (TPSA) is 93.4 Å². The number of hydrogen-bond donors (Lipinski definition) is 2. The van der Waals surface area contributed by atoms with Crippen LogP contribution in [-0.2, 0) is 9.53 Å². The highest BCUT2D eigenvalue weighted by molar-refractivity contribution is 9.10. The number of nitrogen functional groups attached to an aromatic ring is 1. The lowest BCUT2D eigenvalue weighted by Gasteiger charge is -2.32. The number of ether oxygens (including phenoxy) is 1. The number of halogens is 1. The van der Waals surface area contributed by atoms with Gasteiger partial charge in [0.2, 0.25) is 0 Å². The van der Waals surface area contributed by atoms with Crippen molar-refractivity contribution in [2.24, 2.45) is 5.92 Å². The lowest BCUT2D eigenvalue weighted by atomic mass is 9.94. The van der Waals surface area contributed by atoms with E-state index in [0.29, 0.717) is 16.1 Å². The molecule has 3 N–H and O–H groups in total. The van der Waals surface area contributed by atoms with E-state index < -0.39 is 0 Å². The third kappa shape index (κ3) is 12.4. The van der Waals surface area contributed by atoms with Crippen LogP contribution in [0, 0.1) is 17.8 Å². The molecule has 1 aromatic rings. The molecule has 2 unspecified atom stereocenters. The minimum atomic E-state index is -0.328. The van der Waals surface area contributed by atoms with Crippen molar-refractivity contribution in [1.29, 1.82) is 0 Å². The summed E-state index contributed by atoms with van der Waals surface area (Å²) in [5.74, 6) is 7.20. The molecule has 2 rings (SSSR count). The molecule has 32 heavy (non-hydrogen) atoms. The van der Waals surface area contributed by atoms with Gasteiger partial charge in [-0.15, -0.1) is 0 Å². The largest absolute Gasteiger partial charge is 0.460 e. The molecule has 0 bridgehead atoms. The molecule has 1 saturated heterocycles. The van der Waals surface area contributed by atoms with Crippen molar-refractivity contribution in [3.8, 4) is 11.8 Å². The zero-order valence-electron chi connectivity index (χ0n) is 20.5. The molecule has 0 aliphatic carbocycles. The van der Waals surface area contributed by atoms with Crippen LogP contribution in [0.25, 0.3) is 0 Å². The first kappa shape index (κ1) is 28.3. The van der Waals surface area contributed by atoms with E-state index in [2.05, 4.69) is 61.8 Å². The highest BCUT2D eigenvalue weighted by Gasteiger charge is 2.21. The van der Waals surface area contributed by atoms with Crippen LogP contribution in [0.2, 0.25) is 0 Å². The zero-order chi connectivity index (χ0) is 24.1. The van der Waals surface area contributed by atoms with Gasteiger partial charge in [-0.1, -0.05) is 19.8 Å². The average molecular weight is 511 g/mol. The summed E-state index contributed by atoms with van der Waals surface area (Å²) in [7, 11) is 0. The van der Waals surface area contributed by atoms with E-state index in [1.807, 2.05) is 20.8 Å². The van der Waals surface area contributed by atoms with E-state index in [4.69, 9.17) is 10.5 Å². The number of carbonyl (C=O) groups excluding carboxylic acids is 1. The third-order valence-corrected chi connectivity index (χ3v) is 5.08. The standard InChI is InChI=1S/C18H28BrN5.C6H12O2/c1-3-9-24(10-4-2)13-14-5-6-15(21-11-14)7-8-16-18(20)22-12-17(19)23-16;1-5(7)8-6(2,3)4/h12,14-15,21H,3-6,9-11,13H2,1-2H3,(H2,20,22);1-4H3. The quantitative estimate of drug-likeness (QED) is 0.441. The fraction of sp³-hybridized carbons (Fsp3) is 0.708. The number of anilines is 1. The van der Waals surface area contributed by atoms with Crippen LogP contribution in [0.15, 0.2) is 10.8 Å². The molecule has 7 nitrogen and oxygen atoms in total. The number of carbonyl (C=O) groups is 1. The fourth-order valence-corrected chi connectivity index (χ4v) is 3.82. The lowest BCUT2D eigenvalue weighted by Crippen LogP contribution is -2.43. The Morgan fingerprint density at radius 3 is 2.44 bits per heavy atom. The van der Waals surface area contributed by atoms with Gasteiger partial charge in [-0.05, 0) is 87.3 Å². The Morgan fingerprint density at radius 1 is 1.31 bits per heavy atom. The van der Waals surface area contributed by atoms with E-state index in [1.165, 1.54) is 45.8 Å². The summed E-state index contributed by atoms with van der Waals surface area (Å²) in [5, 5.41) is 3.56. The number of nitrogens with two attached hydrogens (primary N) is 1. The molecular formula is C24H40BrN5O2. The Labute approximate surface area is 202 Å². The molecular weight excluding hydrogens is 470 g/mol. The Morgan fingerprint density at radius 2 is 1.97 bits per heavy atom. The van der Waals surface area contributed by atoms with Crippen LogP contribution in [0.5, 0.6) is 0 Å². The Hall–Kier alpha value is -1.69. The van der Waals surface area contributed by atoms with Gasteiger partial charge in [-0.3, -0.25) is 4.79 Å². The minimum Gasteiger partial charge on any atom is -0.460 e. The van der Waals surface area contributed by atoms with Gasteiger partial charge in [0, 0.05) is 20.0 Å². The number of rotatable bonds is 6. The second-order valence-electron chi connectivity index (χ2n) is 9.11. The molecule has 1 aliphatic heterocycles. The average Bonchev–Trinajstić information content (AvgIpc) is 2.69. The van der Waals surface area contributed by atoms with Crippen molar-refractivity contribution < 1.29 is 9.53 Å². The number of aromatic nitrogens is 2. The van der Waals surface area contributed by atoms with Crippen LogP contribution >= 0.6 is 15.9 Å². The van der Waals surface area contributed by atoms with E-state index >= 15 is 0 Å². The highest BCUT2D eigenvalue weighted by atomic mass is 79.9. The molecule has 180 valence electrons. The van der Waals surface area contributed by atoms with Crippen LogP contribution in [-0.4, -0.2) is 58.7 Å². The van der Waals surface area contributed by atoms with Crippen molar-refractivity contribution in [3.63, 3.8) is 0 Å². The van der Waals surface area contributed by atoms with Gasteiger partial charge < -0.3 is 20.7 Å². The molecule has 0 spiro atoms. The SMILES string of the molecule is CC(=O)OC(C)(C)C.CCCN(CCC)CC1CCC(C#Cc2nc(Br)cnc2N)NC1. The van der Waals surface area contributed by atoms with Crippen LogP contribution in [0.3, 0.4) is 0 Å². The summed E-state index contributed by atoms with van der Waals surface area (Å²) in [6, 6.07) is 0.215. The molecule has 1 aromatic heterocycles. The molecule has 1 fully saturated rings. The number of nitrogens with one attached hydrogen (secondary N) is 1. The first-order chi connectivity index (χ1) is 15.0. The summed E-state index contributed by atoms with van der Waals surface area (Å²) < 4.78 is 5.46. The molecule has 8 heteroatoms. The van der Waals surface area contributed by atoms with Crippen molar-refractivity contribution in [2.45, 2.75) is 78.9 Å². The Kier molecular flexibility index (Phi) is 12.8. The highest BCUT2D eigenvalue weighted by Crippen LogP contribution is 2.16. The van der Waals surface area contributed by atoms with Gasteiger partial charge in [0.1, 0.15) is 10.2 Å². The van der Waals surface area contributed by atoms with Gasteiger partial charge in [0.15, 0.2) is 11.5 Å². The summed E-state index contributed by atoms with van der Waals surface area (Å²) in [4.78, 5) is 21.2. The molecule has 0 aromatic carbocycles. The smallest absolute Gasteiger partial charge is 0.303 e. The molecule has 0 radical (unpaired) electrons. The normalized spacial score (nSPS) is 18.2. The van der Waals surface area contributed by atoms with Crippen molar-refractivity contribution >= 4 is 27.7 Å². The van der Waals surface area contributed by atoms with Crippen molar-refractivity contribution in [2.75, 3.05) is 31.9 Å². The number of esters is 1. The first-order valence-electron chi connectivity index (χ1n) is 11.5. The second-order valence-corrected chi connectivity index (χ2v) is 9.92. The maximum absolute atomic E-state index is 10.2. The van der Waals surface area contributed by atoms with E-state index in [1.54, 1.807) is 6.20 Å². The van der Waals surface area contributed by atoms with Gasteiger partial charge in [-0.2, -0.15) is 0 Å². The number of hydrogen-bond acceptors (Lipinski definition) is 7. The van der Waals surface area contributed by atoms with Crippen LogP contribution in [0.1, 0.15) is 72.9 Å². The van der Waals surface area contributed by atoms with Crippen LogP contribution in [0.4, 0.5) is 5.82 Å². The van der Waals surface area contributed by atoms with E-state index in [9.17, 15) is 4.79 Å². The Balaban J connectivity index is 0.000000547. The minimum absolute atomic E-state index is 0.215. The van der Waals surface area contributed by atoms with Gasteiger partial charge in [0.25, 0.3) is 0 Å². The zero-order valence-corrected chi connectivity index (χ0v) is 22.1. The lowest BCUT2D eigenvalue weighted by molar-refractivity contribution is -0.151. The predicted molar refractivity (Wildman–Crippen MR) is 134 cm³/mol. The van der Waals surface area contributed by atoms with E-state index in [0.717, 1.165) is 18.9 Å². The monoisotopic (exact) mass is 509 g/mol. The molecule has 0 saturated carbocycles. The molecule has 2 heterocycles. The second kappa shape index (κ2) is 14.5. The maximum Gasteiger partial charge on any atom is 0.303 e. The fourth-order valence-electron chi connectivity index (χ4n) is 3.54. The van der Waals surface area contributed by atoms with E-state index in [-0.39, 0.29) is 17.6 Å². The Bertz CT molecular complexity index is 756. The summed E-state index contributed by atoms with van der Waals surface area (Å²) >= 11 is 3.30. The maximum atomic E-state index is 10.2. The predicted octanol–water partition coefficient (Wildman–Crippen LogP) is 4.01. The van der Waals surface area contributed by atoms with Crippen molar-refractivity contribution in [3.05, 3.63) is 16.5 Å². The molecule has 1 aliphatic rings. The van der Waals surface area contributed by atoms with Gasteiger partial charge >= 0.3 is 5.97 Å². The summed E-state index contributed by atoms with van der Waals surface area (Å²) in [6.07, 6.45) is 6.33. The molecule has 0 amide bonds. The van der Waals surface area contributed by atoms with Gasteiger partial charge in [-0.25, -0.2) is 9.97 Å². The number of piperidine rings is 1.